The number of hydrogen-bond acceptors (Lipinski definition) is 7. The number of rotatable bonds is 5. The number of carboxylic acids is 1. The van der Waals surface area contributed by atoms with Crippen molar-refractivity contribution < 1.29 is 23.8 Å². The van der Waals surface area contributed by atoms with Crippen LogP contribution in [0.25, 0.3) is 33.4 Å². The number of nitrogens with zero attached hydrogens (tertiary/aromatic N) is 1. The Hall–Kier alpha value is -3.75. The maximum absolute atomic E-state index is 12.2. The van der Waals surface area contributed by atoms with E-state index in [9.17, 15) is 14.7 Å². The van der Waals surface area contributed by atoms with Gasteiger partial charge in [-0.25, -0.2) is 10.3 Å². The molecule has 1 aliphatic carbocycles. The van der Waals surface area contributed by atoms with E-state index in [2.05, 4.69) is 5.11 Å². The maximum atomic E-state index is 12.2. The van der Waals surface area contributed by atoms with Crippen molar-refractivity contribution in [3.05, 3.63) is 63.4 Å². The van der Waals surface area contributed by atoms with Gasteiger partial charge in [-0.05, 0) is 24.3 Å². The molecule has 0 unspecified atom stereocenters. The molecule has 0 amide bonds. The van der Waals surface area contributed by atoms with Crippen LogP contribution in [0.2, 0.25) is 10.0 Å². The first-order chi connectivity index (χ1) is 14.8. The van der Waals surface area contributed by atoms with Gasteiger partial charge in [0.05, 0.1) is 26.7 Å². The van der Waals surface area contributed by atoms with Crippen LogP contribution >= 0.6 is 23.2 Å². The van der Waals surface area contributed by atoms with Gasteiger partial charge in [0.2, 0.25) is 0 Å². The van der Waals surface area contributed by atoms with Crippen molar-refractivity contribution in [3.8, 4) is 28.2 Å². The van der Waals surface area contributed by atoms with Gasteiger partial charge in [0.25, 0.3) is 6.47 Å². The molecule has 10 heteroatoms. The van der Waals surface area contributed by atoms with Crippen LogP contribution in [0.15, 0.2) is 52.0 Å². The van der Waals surface area contributed by atoms with Crippen molar-refractivity contribution in [2.75, 3.05) is 0 Å². The van der Waals surface area contributed by atoms with Crippen molar-refractivity contribution in [1.29, 1.82) is 10.9 Å². The Labute approximate surface area is 184 Å². The maximum Gasteiger partial charge on any atom is 0.338 e. The lowest BCUT2D eigenvalue weighted by Crippen LogP contribution is -2.06. The molecule has 1 heterocycles. The Bertz CT molecular complexity index is 1430. The summed E-state index contributed by atoms with van der Waals surface area (Å²) in [6.07, 6.45) is 0. The Morgan fingerprint density at radius 3 is 2.58 bits per heavy atom. The molecule has 1 aliphatic heterocycles. The van der Waals surface area contributed by atoms with Crippen LogP contribution in [-0.2, 0) is 4.79 Å². The number of fused-ring (bicyclic) bond motifs is 2. The zero-order valence-corrected chi connectivity index (χ0v) is 16.9. The van der Waals surface area contributed by atoms with Gasteiger partial charge in [0.15, 0.2) is 5.75 Å². The number of carboxylic acid groups (broad SMARTS) is 1. The molecule has 0 spiro atoms. The number of carbonyl (C=O) groups is 2. The summed E-state index contributed by atoms with van der Waals surface area (Å²) in [5, 5.41) is 21.6. The molecule has 154 valence electrons. The van der Waals surface area contributed by atoms with E-state index in [4.69, 9.17) is 43.3 Å². The number of ether oxygens (including phenoxy) is 1. The van der Waals surface area contributed by atoms with Crippen molar-refractivity contribution in [2.24, 2.45) is 5.11 Å². The minimum Gasteiger partial charge on any atom is -0.478 e. The fourth-order valence-electron chi connectivity index (χ4n) is 3.40. The molecule has 0 radical (unpaired) electrons. The summed E-state index contributed by atoms with van der Waals surface area (Å²) >= 11 is 12.7. The summed E-state index contributed by atoms with van der Waals surface area (Å²) < 4.78 is 10.7. The van der Waals surface area contributed by atoms with E-state index in [1.807, 2.05) is 0 Å². The monoisotopic (exact) mass is 455 g/mol. The van der Waals surface area contributed by atoms with Crippen molar-refractivity contribution >= 4 is 52.3 Å². The van der Waals surface area contributed by atoms with Gasteiger partial charge >= 0.3 is 5.97 Å². The van der Waals surface area contributed by atoms with Crippen molar-refractivity contribution in [2.45, 2.75) is 0 Å². The highest BCUT2D eigenvalue weighted by atomic mass is 35.5. The van der Waals surface area contributed by atoms with E-state index >= 15 is 0 Å². The summed E-state index contributed by atoms with van der Waals surface area (Å²) in [4.78, 5) is 23.0. The molecular formula is C21H11Cl2N3O5. The lowest BCUT2D eigenvalue weighted by atomic mass is 9.90. The Morgan fingerprint density at radius 2 is 1.90 bits per heavy atom. The second-order valence-corrected chi connectivity index (χ2v) is 7.21. The third-order valence-corrected chi connectivity index (χ3v) is 5.33. The molecule has 0 aromatic heterocycles. The molecule has 0 fully saturated rings. The van der Waals surface area contributed by atoms with Gasteiger partial charge in [0, 0.05) is 40.3 Å². The SMILES string of the molecule is N=Nc1ccc2c(-c3c(Cl)cc(OC=O)c(Cl)c3C(=O)O)c3ccc(=N)cc-3oc2c1. The first kappa shape index (κ1) is 20.5. The lowest BCUT2D eigenvalue weighted by molar-refractivity contribution is -0.120. The Balaban J connectivity index is 2.23. The number of halogens is 2. The predicted molar refractivity (Wildman–Crippen MR) is 113 cm³/mol. The van der Waals surface area contributed by atoms with Crippen LogP contribution in [0, 0.1) is 10.9 Å². The average Bonchev–Trinajstić information content (AvgIpc) is 2.73. The molecular weight excluding hydrogens is 445 g/mol. The zero-order chi connectivity index (χ0) is 22.3. The zero-order valence-electron chi connectivity index (χ0n) is 15.4. The molecule has 0 atom stereocenters. The minimum absolute atomic E-state index is 0.0170. The third kappa shape index (κ3) is 3.41. The van der Waals surface area contributed by atoms with Crippen molar-refractivity contribution in [3.63, 3.8) is 0 Å². The first-order valence-corrected chi connectivity index (χ1v) is 9.40. The normalized spacial score (nSPS) is 10.9. The number of aromatic carboxylic acids is 1. The second-order valence-electron chi connectivity index (χ2n) is 6.42. The highest BCUT2D eigenvalue weighted by Crippen LogP contribution is 2.48. The first-order valence-electron chi connectivity index (χ1n) is 8.64. The van der Waals surface area contributed by atoms with Gasteiger partial charge in [-0.15, -0.1) is 0 Å². The van der Waals surface area contributed by atoms with Gasteiger partial charge in [-0.2, -0.15) is 5.11 Å². The fourth-order valence-corrected chi connectivity index (χ4v) is 3.97. The second kappa shape index (κ2) is 7.82. The van der Waals surface area contributed by atoms with E-state index in [0.717, 1.165) is 0 Å². The Morgan fingerprint density at radius 1 is 1.13 bits per heavy atom. The number of carbonyl (C=O) groups excluding carboxylic acids is 1. The molecule has 0 bridgehead atoms. The lowest BCUT2D eigenvalue weighted by Gasteiger charge is -2.19. The van der Waals surface area contributed by atoms with Crippen LogP contribution in [0.4, 0.5) is 5.69 Å². The summed E-state index contributed by atoms with van der Waals surface area (Å²) in [5.74, 6) is -1.27. The van der Waals surface area contributed by atoms with Crippen LogP contribution < -0.4 is 10.1 Å². The largest absolute Gasteiger partial charge is 0.478 e. The standard InChI is InChI=1S/C21H11Cl2N3O5/c22-13-7-16(30-8-27)20(23)19(21(28)29)18(13)17-11-3-1-9(24)5-14(11)31-15-6-10(26-25)2-4-12(15)17/h1-8,24-25H,(H,28,29). The van der Waals surface area contributed by atoms with Gasteiger partial charge < -0.3 is 19.7 Å². The van der Waals surface area contributed by atoms with E-state index in [0.29, 0.717) is 33.5 Å². The molecule has 8 nitrogen and oxygen atoms in total. The quantitative estimate of drug-likeness (QED) is 0.195. The molecule has 2 aromatic rings. The molecule has 0 saturated heterocycles. The topological polar surface area (TPSA) is 137 Å². The number of benzene rings is 3. The van der Waals surface area contributed by atoms with Crippen LogP contribution in [0.5, 0.6) is 5.75 Å². The van der Waals surface area contributed by atoms with Gasteiger partial charge in [-0.1, -0.05) is 23.2 Å². The summed E-state index contributed by atoms with van der Waals surface area (Å²) in [6, 6.07) is 10.6. The minimum atomic E-state index is -1.38. The highest BCUT2D eigenvalue weighted by Gasteiger charge is 2.28. The predicted octanol–water partition coefficient (Wildman–Crippen LogP) is 5.89. The third-order valence-electron chi connectivity index (χ3n) is 4.66. The molecule has 4 rings (SSSR count). The molecule has 0 saturated carbocycles. The van der Waals surface area contributed by atoms with Crippen LogP contribution in [-0.4, -0.2) is 17.5 Å². The Kier molecular flexibility index (Phi) is 5.18. The summed E-state index contributed by atoms with van der Waals surface area (Å²) in [6.45, 7) is 0.122. The van der Waals surface area contributed by atoms with E-state index < -0.39 is 5.97 Å². The van der Waals surface area contributed by atoms with Gasteiger partial charge in [0.1, 0.15) is 11.3 Å². The van der Waals surface area contributed by atoms with E-state index in [-0.39, 0.29) is 38.8 Å². The summed E-state index contributed by atoms with van der Waals surface area (Å²) in [5.41, 5.74) is 8.49. The molecule has 31 heavy (non-hydrogen) atoms. The van der Waals surface area contributed by atoms with Crippen LogP contribution in [0.3, 0.4) is 0 Å². The summed E-state index contributed by atoms with van der Waals surface area (Å²) in [7, 11) is 0. The van der Waals surface area contributed by atoms with E-state index in [1.165, 1.54) is 24.3 Å². The molecule has 3 N–H and O–H groups in total. The molecule has 2 aliphatic rings. The number of hydrogen-bond donors (Lipinski definition) is 3. The highest BCUT2D eigenvalue weighted by molar-refractivity contribution is 6.40. The van der Waals surface area contributed by atoms with Gasteiger partial charge in [-0.3, -0.25) is 4.79 Å². The fraction of sp³-hybridized carbons (Fsp3) is 0. The van der Waals surface area contributed by atoms with E-state index in [1.54, 1.807) is 18.2 Å². The van der Waals surface area contributed by atoms with Crippen LogP contribution in [0.1, 0.15) is 10.4 Å². The van der Waals surface area contributed by atoms with Crippen molar-refractivity contribution in [1.82, 2.24) is 0 Å². The molecule has 2 aromatic carbocycles. The number of nitrogens with one attached hydrogen (secondary N) is 2. The average molecular weight is 456 g/mol. The smallest absolute Gasteiger partial charge is 0.338 e.